The maximum absolute atomic E-state index is 13.5. The van der Waals surface area contributed by atoms with Crippen LogP contribution in [-0.4, -0.2) is 32.4 Å². The lowest BCUT2D eigenvalue weighted by atomic mass is 10.1. The number of nitrogens with zero attached hydrogens (tertiary/aromatic N) is 4. The summed E-state index contributed by atoms with van der Waals surface area (Å²) in [4.78, 5) is 24.9. The van der Waals surface area contributed by atoms with Crippen molar-refractivity contribution >= 4 is 33.3 Å². The van der Waals surface area contributed by atoms with E-state index in [0.717, 1.165) is 65.2 Å². The number of rotatable bonds is 8. The van der Waals surface area contributed by atoms with Crippen LogP contribution in [0.25, 0.3) is 10.2 Å². The lowest BCUT2D eigenvalue weighted by Crippen LogP contribution is -2.29. The summed E-state index contributed by atoms with van der Waals surface area (Å²) in [5.74, 6) is 1.29. The van der Waals surface area contributed by atoms with Crippen LogP contribution in [0.15, 0.2) is 14.5 Å². The number of hydrogen-bond acceptors (Lipinski definition) is 8. The second-order valence-corrected chi connectivity index (χ2v) is 10.2. The Kier molecular flexibility index (Phi) is 6.60. The van der Waals surface area contributed by atoms with Gasteiger partial charge in [-0.25, -0.2) is 4.98 Å². The summed E-state index contributed by atoms with van der Waals surface area (Å²) in [6.45, 7) is 9.54. The Morgan fingerprint density at radius 3 is 2.87 bits per heavy atom. The van der Waals surface area contributed by atoms with Crippen molar-refractivity contribution in [2.24, 2.45) is 0 Å². The predicted octanol–water partition coefficient (Wildman–Crippen LogP) is 4.70. The van der Waals surface area contributed by atoms with Gasteiger partial charge in [-0.3, -0.25) is 9.36 Å². The van der Waals surface area contributed by atoms with E-state index < -0.39 is 0 Å². The van der Waals surface area contributed by atoms with E-state index >= 15 is 0 Å². The highest BCUT2D eigenvalue weighted by Gasteiger charge is 2.25. The zero-order valence-corrected chi connectivity index (χ0v) is 19.6. The van der Waals surface area contributed by atoms with Crippen molar-refractivity contribution in [2.45, 2.75) is 82.9 Å². The highest BCUT2D eigenvalue weighted by molar-refractivity contribution is 7.99. The molecule has 0 aromatic carbocycles. The van der Waals surface area contributed by atoms with E-state index in [1.165, 1.54) is 11.8 Å². The molecule has 1 aliphatic rings. The number of aromatic nitrogens is 4. The first kappa shape index (κ1) is 21.5. The maximum Gasteiger partial charge on any atom is 0.263 e. The molecule has 2 unspecified atom stereocenters. The van der Waals surface area contributed by atoms with Crippen LogP contribution in [-0.2, 0) is 24.1 Å². The maximum atomic E-state index is 13.5. The van der Waals surface area contributed by atoms with Crippen LogP contribution in [0.4, 0.5) is 0 Å². The molecule has 4 heterocycles. The first-order valence-corrected chi connectivity index (χ1v) is 12.3. The van der Waals surface area contributed by atoms with E-state index in [1.807, 2.05) is 6.92 Å². The van der Waals surface area contributed by atoms with Crippen molar-refractivity contribution in [1.82, 2.24) is 19.7 Å². The van der Waals surface area contributed by atoms with Gasteiger partial charge in [0.25, 0.3) is 5.56 Å². The largest absolute Gasteiger partial charge is 0.376 e. The van der Waals surface area contributed by atoms with Crippen LogP contribution in [0.2, 0.25) is 0 Å². The molecule has 0 saturated carbocycles. The Bertz CT molecular complexity index is 1080. The molecule has 0 bridgehead atoms. The molecule has 1 fully saturated rings. The molecule has 1 saturated heterocycles. The first-order chi connectivity index (χ1) is 14.5. The number of thiophene rings is 1. The summed E-state index contributed by atoms with van der Waals surface area (Å²) in [6.07, 6.45) is 4.65. The summed E-state index contributed by atoms with van der Waals surface area (Å²) >= 11 is 3.09. The zero-order valence-electron chi connectivity index (χ0n) is 17.9. The fourth-order valence-corrected chi connectivity index (χ4v) is 5.97. The molecule has 0 amide bonds. The standard InChI is InChI=1S/C21H28N4O3S2/c1-5-8-16-22-18(28-24-16)13(4)30-21-23-19-17(15(6-2)12(3)29-19)20(26)25(21)11-14-9-7-10-27-14/h13-14H,5-11H2,1-4H3. The van der Waals surface area contributed by atoms with Gasteiger partial charge in [-0.2, -0.15) is 4.98 Å². The molecule has 0 aliphatic carbocycles. The van der Waals surface area contributed by atoms with Crippen molar-refractivity contribution in [1.29, 1.82) is 0 Å². The van der Waals surface area contributed by atoms with E-state index in [9.17, 15) is 4.79 Å². The van der Waals surface area contributed by atoms with Crippen LogP contribution in [0.5, 0.6) is 0 Å². The minimum absolute atomic E-state index is 0.0311. The zero-order chi connectivity index (χ0) is 21.3. The van der Waals surface area contributed by atoms with E-state index in [0.29, 0.717) is 17.6 Å². The summed E-state index contributed by atoms with van der Waals surface area (Å²) in [7, 11) is 0. The van der Waals surface area contributed by atoms with Gasteiger partial charge in [0.2, 0.25) is 5.89 Å². The van der Waals surface area contributed by atoms with Gasteiger partial charge in [0.1, 0.15) is 4.83 Å². The molecule has 3 aromatic heterocycles. The molecule has 0 radical (unpaired) electrons. The third-order valence-corrected chi connectivity index (χ3v) is 7.55. The van der Waals surface area contributed by atoms with Gasteiger partial charge >= 0.3 is 0 Å². The van der Waals surface area contributed by atoms with Gasteiger partial charge in [0, 0.05) is 17.9 Å². The van der Waals surface area contributed by atoms with Gasteiger partial charge < -0.3 is 9.26 Å². The Labute approximate surface area is 184 Å². The van der Waals surface area contributed by atoms with Crippen molar-refractivity contribution in [3.8, 4) is 0 Å². The van der Waals surface area contributed by atoms with E-state index in [4.69, 9.17) is 14.2 Å². The topological polar surface area (TPSA) is 83.0 Å². The van der Waals surface area contributed by atoms with Gasteiger partial charge in [-0.15, -0.1) is 11.3 Å². The van der Waals surface area contributed by atoms with Crippen molar-refractivity contribution in [3.63, 3.8) is 0 Å². The van der Waals surface area contributed by atoms with Crippen LogP contribution < -0.4 is 5.56 Å². The average molecular weight is 449 g/mol. The van der Waals surface area contributed by atoms with Gasteiger partial charge in [-0.05, 0) is 45.1 Å². The minimum Gasteiger partial charge on any atom is -0.376 e. The number of ether oxygens (including phenoxy) is 1. The van der Waals surface area contributed by atoms with E-state index in [-0.39, 0.29) is 16.9 Å². The third-order valence-electron chi connectivity index (χ3n) is 5.43. The molecule has 30 heavy (non-hydrogen) atoms. The highest BCUT2D eigenvalue weighted by atomic mass is 32.2. The summed E-state index contributed by atoms with van der Waals surface area (Å²) in [5.41, 5.74) is 1.14. The summed E-state index contributed by atoms with van der Waals surface area (Å²) < 4.78 is 13.1. The van der Waals surface area contributed by atoms with E-state index in [1.54, 1.807) is 15.9 Å². The lowest BCUT2D eigenvalue weighted by Gasteiger charge is -2.17. The summed E-state index contributed by atoms with van der Waals surface area (Å²) in [5, 5.41) is 5.41. The molecule has 7 nitrogen and oxygen atoms in total. The first-order valence-electron chi connectivity index (χ1n) is 10.6. The molecular formula is C21H28N4O3S2. The predicted molar refractivity (Wildman–Crippen MR) is 120 cm³/mol. The Hall–Kier alpha value is -1.71. The second-order valence-electron chi connectivity index (χ2n) is 7.67. The molecule has 2 atom stereocenters. The fourth-order valence-electron chi connectivity index (χ4n) is 3.87. The van der Waals surface area contributed by atoms with Crippen LogP contribution in [0.1, 0.15) is 67.4 Å². The molecule has 4 rings (SSSR count). The number of thioether (sulfide) groups is 1. The monoisotopic (exact) mass is 448 g/mol. The molecule has 3 aromatic rings. The Morgan fingerprint density at radius 1 is 1.33 bits per heavy atom. The number of fused-ring (bicyclic) bond motifs is 1. The third kappa shape index (κ3) is 4.20. The number of aryl methyl sites for hydroxylation is 3. The van der Waals surface area contributed by atoms with Crippen molar-refractivity contribution < 1.29 is 9.26 Å². The second kappa shape index (κ2) is 9.20. The molecule has 162 valence electrons. The highest BCUT2D eigenvalue weighted by Crippen LogP contribution is 2.35. The number of hydrogen-bond donors (Lipinski definition) is 0. The van der Waals surface area contributed by atoms with Crippen LogP contribution in [0.3, 0.4) is 0 Å². The molecule has 0 N–H and O–H groups in total. The Morgan fingerprint density at radius 2 is 2.17 bits per heavy atom. The molecular weight excluding hydrogens is 420 g/mol. The normalized spacial score (nSPS) is 17.8. The van der Waals surface area contributed by atoms with Crippen molar-refractivity contribution in [3.05, 3.63) is 32.5 Å². The lowest BCUT2D eigenvalue weighted by molar-refractivity contribution is 0.0937. The smallest absolute Gasteiger partial charge is 0.263 e. The Balaban J connectivity index is 1.73. The van der Waals surface area contributed by atoms with Gasteiger partial charge in [-0.1, -0.05) is 30.8 Å². The van der Waals surface area contributed by atoms with Crippen LogP contribution in [0, 0.1) is 6.92 Å². The average Bonchev–Trinajstić information content (AvgIpc) is 3.45. The fraction of sp³-hybridized carbons (Fsp3) is 0.619. The van der Waals surface area contributed by atoms with Gasteiger partial charge in [0.15, 0.2) is 11.0 Å². The summed E-state index contributed by atoms with van der Waals surface area (Å²) in [6, 6.07) is 0. The van der Waals surface area contributed by atoms with Crippen LogP contribution >= 0.6 is 23.1 Å². The van der Waals surface area contributed by atoms with E-state index in [2.05, 4.69) is 30.9 Å². The molecule has 1 aliphatic heterocycles. The molecule has 0 spiro atoms. The SMILES string of the molecule is CCCc1noc(C(C)Sc2nc3sc(C)c(CC)c3c(=O)n2CC2CCCO2)n1. The van der Waals surface area contributed by atoms with Crippen molar-refractivity contribution in [2.75, 3.05) is 6.61 Å². The van der Waals surface area contributed by atoms with Gasteiger partial charge in [0.05, 0.1) is 23.3 Å². The quantitative estimate of drug-likeness (QED) is 0.365. The molecule has 9 heteroatoms. The minimum atomic E-state index is -0.102.